The van der Waals surface area contributed by atoms with Crippen LogP contribution >= 0.6 is 0 Å². The van der Waals surface area contributed by atoms with E-state index in [4.69, 9.17) is 5.11 Å². The molecule has 0 amide bonds. The van der Waals surface area contributed by atoms with Crippen LogP contribution in [0.15, 0.2) is 17.1 Å². The van der Waals surface area contributed by atoms with Crippen molar-refractivity contribution in [2.75, 3.05) is 24.6 Å². The molecule has 1 aliphatic heterocycles. The fourth-order valence-corrected chi connectivity index (χ4v) is 2.14. The minimum atomic E-state index is -0.0819. The van der Waals surface area contributed by atoms with Crippen LogP contribution in [-0.2, 0) is 6.54 Å². The molecule has 1 aromatic rings. The first kappa shape index (κ1) is 12.1. The van der Waals surface area contributed by atoms with Crippen molar-refractivity contribution < 1.29 is 5.11 Å². The van der Waals surface area contributed by atoms with Gasteiger partial charge in [-0.25, -0.2) is 4.68 Å². The Morgan fingerprint density at radius 3 is 2.71 bits per heavy atom. The molecule has 2 heterocycles. The van der Waals surface area contributed by atoms with Gasteiger partial charge in [-0.3, -0.25) is 4.79 Å². The molecule has 5 heteroatoms. The molecule has 0 atom stereocenters. The molecule has 17 heavy (non-hydrogen) atoms. The summed E-state index contributed by atoms with van der Waals surface area (Å²) in [5.41, 5.74) is 0.844. The normalized spacial score (nSPS) is 16.2. The highest BCUT2D eigenvalue weighted by Gasteiger charge is 2.12. The van der Waals surface area contributed by atoms with Gasteiger partial charge in [0.1, 0.15) is 0 Å². The number of hydrogen-bond donors (Lipinski definition) is 1. The Hall–Kier alpha value is -1.36. The molecular formula is C12H19N3O2. The van der Waals surface area contributed by atoms with Crippen LogP contribution in [0.4, 0.5) is 5.69 Å². The highest BCUT2D eigenvalue weighted by molar-refractivity contribution is 5.43. The Morgan fingerprint density at radius 1 is 1.29 bits per heavy atom. The zero-order valence-electron chi connectivity index (χ0n) is 10.0. The summed E-state index contributed by atoms with van der Waals surface area (Å²) in [5.74, 6) is 0. The third-order valence-electron chi connectivity index (χ3n) is 3.10. The standard InChI is InChI=1S/C12H19N3O2/c16-8-4-7-15-12(17)9-11(10-13-15)14-5-2-1-3-6-14/h9-10,16H,1-8H2. The quantitative estimate of drug-likeness (QED) is 0.834. The molecule has 1 aliphatic rings. The maximum Gasteiger partial charge on any atom is 0.268 e. The number of aliphatic hydroxyl groups is 1. The summed E-state index contributed by atoms with van der Waals surface area (Å²) >= 11 is 0. The predicted octanol–water partition coefficient (Wildman–Crippen LogP) is 0.616. The summed E-state index contributed by atoms with van der Waals surface area (Å²) in [6.45, 7) is 2.60. The zero-order chi connectivity index (χ0) is 12.1. The van der Waals surface area contributed by atoms with Gasteiger partial charge in [-0.1, -0.05) is 0 Å². The topological polar surface area (TPSA) is 58.4 Å². The van der Waals surface area contributed by atoms with E-state index in [1.54, 1.807) is 12.3 Å². The van der Waals surface area contributed by atoms with Crippen molar-refractivity contribution in [1.29, 1.82) is 0 Å². The van der Waals surface area contributed by atoms with Gasteiger partial charge in [-0.2, -0.15) is 5.10 Å². The number of rotatable bonds is 4. The molecule has 0 aliphatic carbocycles. The van der Waals surface area contributed by atoms with Gasteiger partial charge in [0.2, 0.25) is 0 Å². The van der Waals surface area contributed by atoms with E-state index in [0.717, 1.165) is 18.8 Å². The fourth-order valence-electron chi connectivity index (χ4n) is 2.14. The minimum Gasteiger partial charge on any atom is -0.396 e. The lowest BCUT2D eigenvalue weighted by atomic mass is 10.1. The Kier molecular flexibility index (Phi) is 4.14. The average molecular weight is 237 g/mol. The van der Waals surface area contributed by atoms with E-state index in [2.05, 4.69) is 10.00 Å². The lowest BCUT2D eigenvalue weighted by Crippen LogP contribution is -2.32. The second-order valence-corrected chi connectivity index (χ2v) is 4.40. The summed E-state index contributed by atoms with van der Waals surface area (Å²) < 4.78 is 1.41. The van der Waals surface area contributed by atoms with Gasteiger partial charge in [0.15, 0.2) is 0 Å². The Balaban J connectivity index is 2.09. The van der Waals surface area contributed by atoms with Gasteiger partial charge < -0.3 is 10.0 Å². The maximum atomic E-state index is 11.8. The second kappa shape index (κ2) is 5.82. The van der Waals surface area contributed by atoms with Crippen LogP contribution in [0.2, 0.25) is 0 Å². The fraction of sp³-hybridized carbons (Fsp3) is 0.667. The Labute approximate surface area is 101 Å². The minimum absolute atomic E-state index is 0.0819. The highest BCUT2D eigenvalue weighted by atomic mass is 16.3. The van der Waals surface area contributed by atoms with E-state index in [0.29, 0.717) is 13.0 Å². The lowest BCUT2D eigenvalue weighted by molar-refractivity contribution is 0.275. The van der Waals surface area contributed by atoms with Crippen molar-refractivity contribution in [3.05, 3.63) is 22.6 Å². The molecule has 0 spiro atoms. The van der Waals surface area contributed by atoms with Crippen molar-refractivity contribution in [3.8, 4) is 0 Å². The predicted molar refractivity (Wildman–Crippen MR) is 66.3 cm³/mol. The van der Waals surface area contributed by atoms with E-state index < -0.39 is 0 Å². The molecule has 2 rings (SSSR count). The first-order valence-corrected chi connectivity index (χ1v) is 6.24. The summed E-state index contributed by atoms with van der Waals surface area (Å²) in [6, 6.07) is 1.65. The van der Waals surface area contributed by atoms with E-state index in [-0.39, 0.29) is 12.2 Å². The van der Waals surface area contributed by atoms with Crippen molar-refractivity contribution in [2.45, 2.75) is 32.2 Å². The van der Waals surface area contributed by atoms with Gasteiger partial charge >= 0.3 is 0 Å². The molecule has 0 bridgehead atoms. The lowest BCUT2D eigenvalue weighted by Gasteiger charge is -2.28. The number of piperidine rings is 1. The van der Waals surface area contributed by atoms with Crippen LogP contribution in [-0.4, -0.2) is 34.6 Å². The third kappa shape index (κ3) is 3.06. The smallest absolute Gasteiger partial charge is 0.268 e. The molecule has 0 radical (unpaired) electrons. The van der Waals surface area contributed by atoms with Crippen LogP contribution < -0.4 is 10.5 Å². The van der Waals surface area contributed by atoms with Crippen LogP contribution in [0.25, 0.3) is 0 Å². The summed E-state index contributed by atoms with van der Waals surface area (Å²) in [7, 11) is 0. The maximum absolute atomic E-state index is 11.8. The number of aromatic nitrogens is 2. The van der Waals surface area contributed by atoms with Crippen LogP contribution in [0.3, 0.4) is 0 Å². The van der Waals surface area contributed by atoms with E-state index in [9.17, 15) is 4.79 Å². The average Bonchev–Trinajstić information content (AvgIpc) is 2.38. The molecule has 0 unspecified atom stereocenters. The Bertz CT molecular complexity index is 410. The van der Waals surface area contributed by atoms with E-state index in [1.807, 2.05) is 0 Å². The highest BCUT2D eigenvalue weighted by Crippen LogP contribution is 2.16. The van der Waals surface area contributed by atoms with Crippen molar-refractivity contribution in [2.24, 2.45) is 0 Å². The summed E-state index contributed by atoms with van der Waals surface area (Å²) in [6.07, 6.45) is 5.97. The molecule has 94 valence electrons. The second-order valence-electron chi connectivity index (χ2n) is 4.40. The Morgan fingerprint density at radius 2 is 2.06 bits per heavy atom. The molecule has 5 nitrogen and oxygen atoms in total. The van der Waals surface area contributed by atoms with Gasteiger partial charge in [0, 0.05) is 32.3 Å². The first-order valence-electron chi connectivity index (χ1n) is 6.24. The summed E-state index contributed by atoms with van der Waals surface area (Å²) in [5, 5.41) is 12.9. The third-order valence-corrected chi connectivity index (χ3v) is 3.10. The number of anilines is 1. The molecule has 1 fully saturated rings. The SMILES string of the molecule is O=c1cc(N2CCCCC2)cnn1CCCO. The van der Waals surface area contributed by atoms with Crippen molar-refractivity contribution in [3.63, 3.8) is 0 Å². The van der Waals surface area contributed by atoms with Gasteiger partial charge in [-0.15, -0.1) is 0 Å². The molecule has 1 N–H and O–H groups in total. The van der Waals surface area contributed by atoms with Crippen molar-refractivity contribution in [1.82, 2.24) is 9.78 Å². The molecule has 0 saturated carbocycles. The van der Waals surface area contributed by atoms with Crippen LogP contribution in [0.1, 0.15) is 25.7 Å². The monoisotopic (exact) mass is 237 g/mol. The van der Waals surface area contributed by atoms with Gasteiger partial charge in [-0.05, 0) is 25.7 Å². The van der Waals surface area contributed by atoms with Crippen molar-refractivity contribution >= 4 is 5.69 Å². The largest absolute Gasteiger partial charge is 0.396 e. The summed E-state index contributed by atoms with van der Waals surface area (Å²) in [4.78, 5) is 14.0. The van der Waals surface area contributed by atoms with E-state index in [1.165, 1.54) is 23.9 Å². The molecule has 0 aromatic carbocycles. The van der Waals surface area contributed by atoms with E-state index >= 15 is 0 Å². The number of aliphatic hydroxyl groups excluding tert-OH is 1. The van der Waals surface area contributed by atoms with Gasteiger partial charge in [0.25, 0.3) is 5.56 Å². The molecule has 1 aromatic heterocycles. The molecule has 1 saturated heterocycles. The number of aryl methyl sites for hydroxylation is 1. The first-order chi connectivity index (χ1) is 8.31. The zero-order valence-corrected chi connectivity index (χ0v) is 10.0. The van der Waals surface area contributed by atoms with Gasteiger partial charge in [0.05, 0.1) is 11.9 Å². The number of nitrogens with zero attached hydrogens (tertiary/aromatic N) is 3. The van der Waals surface area contributed by atoms with Crippen LogP contribution in [0, 0.1) is 0 Å². The molecular weight excluding hydrogens is 218 g/mol. The number of hydrogen-bond acceptors (Lipinski definition) is 4. The van der Waals surface area contributed by atoms with Crippen LogP contribution in [0.5, 0.6) is 0 Å².